The van der Waals surface area contributed by atoms with Crippen molar-refractivity contribution in [2.45, 2.75) is 45.4 Å². The Balaban J connectivity index is 1.74. The second kappa shape index (κ2) is 9.27. The fourth-order valence-electron chi connectivity index (χ4n) is 3.05. The lowest BCUT2D eigenvalue weighted by Gasteiger charge is -2.33. The van der Waals surface area contributed by atoms with Crippen LogP contribution >= 0.6 is 11.8 Å². The summed E-state index contributed by atoms with van der Waals surface area (Å²) in [6.07, 6.45) is 1.78. The zero-order valence-corrected chi connectivity index (χ0v) is 16.6. The van der Waals surface area contributed by atoms with Gasteiger partial charge in [0.1, 0.15) is 0 Å². The molecule has 1 aliphatic rings. The highest BCUT2D eigenvalue weighted by molar-refractivity contribution is 7.99. The molecule has 0 aromatic heterocycles. The summed E-state index contributed by atoms with van der Waals surface area (Å²) in [6, 6.07) is 6.46. The number of aryl methyl sites for hydroxylation is 2. The average molecular weight is 363 g/mol. The number of rotatable bonds is 6. The van der Waals surface area contributed by atoms with E-state index < -0.39 is 0 Å². The number of nitrogens with one attached hydrogen (secondary N) is 1. The number of likely N-dealkylation sites (tertiary alicyclic amines) is 1. The minimum absolute atomic E-state index is 0.00354. The first-order valence-electron chi connectivity index (χ1n) is 9.15. The number of carbonyl (C=O) groups excluding carboxylic acids is 2. The molecule has 0 spiro atoms. The highest BCUT2D eigenvalue weighted by atomic mass is 32.2. The molecule has 1 aromatic carbocycles. The summed E-state index contributed by atoms with van der Waals surface area (Å²) >= 11 is 1.76. The number of hydrogen-bond acceptors (Lipinski definition) is 3. The average Bonchev–Trinajstić information content (AvgIpc) is 2.60. The van der Waals surface area contributed by atoms with Crippen molar-refractivity contribution in [1.29, 1.82) is 0 Å². The van der Waals surface area contributed by atoms with E-state index in [2.05, 4.69) is 37.4 Å². The molecule has 138 valence electrons. The van der Waals surface area contributed by atoms with Crippen LogP contribution in [0.3, 0.4) is 0 Å². The van der Waals surface area contributed by atoms with Crippen LogP contribution < -0.4 is 5.32 Å². The number of amides is 2. The summed E-state index contributed by atoms with van der Waals surface area (Å²) in [7, 11) is 0. The first kappa shape index (κ1) is 19.8. The monoisotopic (exact) mass is 362 g/mol. The number of carbonyl (C=O) groups is 2. The van der Waals surface area contributed by atoms with Crippen molar-refractivity contribution in [2.75, 3.05) is 25.4 Å². The minimum atomic E-state index is -0.0666. The van der Waals surface area contributed by atoms with Gasteiger partial charge in [0.25, 0.3) is 0 Å². The molecule has 0 saturated carbocycles. The summed E-state index contributed by atoms with van der Waals surface area (Å²) in [4.78, 5) is 27.6. The SMILES string of the molecule is Cc1ccc(SCCNC(=O)C2CCCN(C(=O)C(C)C)C2)cc1C. The van der Waals surface area contributed by atoms with Gasteiger partial charge >= 0.3 is 0 Å². The lowest BCUT2D eigenvalue weighted by molar-refractivity contribution is -0.138. The largest absolute Gasteiger partial charge is 0.355 e. The molecule has 4 nitrogen and oxygen atoms in total. The van der Waals surface area contributed by atoms with E-state index in [1.807, 2.05) is 18.7 Å². The Hall–Kier alpha value is -1.49. The van der Waals surface area contributed by atoms with Gasteiger partial charge in [0.2, 0.25) is 11.8 Å². The number of nitrogens with zero attached hydrogens (tertiary/aromatic N) is 1. The molecule has 0 aliphatic carbocycles. The molecule has 1 atom stereocenters. The molecule has 1 saturated heterocycles. The molecule has 5 heteroatoms. The Morgan fingerprint density at radius 1 is 1.28 bits per heavy atom. The van der Waals surface area contributed by atoms with Gasteiger partial charge in [-0.25, -0.2) is 0 Å². The summed E-state index contributed by atoms with van der Waals surface area (Å²) in [5.74, 6) is 1.03. The molecular weight excluding hydrogens is 332 g/mol. The molecule has 25 heavy (non-hydrogen) atoms. The Kier molecular flexibility index (Phi) is 7.36. The van der Waals surface area contributed by atoms with Gasteiger partial charge in [0.15, 0.2) is 0 Å². The first-order valence-corrected chi connectivity index (χ1v) is 10.1. The lowest BCUT2D eigenvalue weighted by Crippen LogP contribution is -2.46. The van der Waals surface area contributed by atoms with Gasteiger partial charge in [-0.3, -0.25) is 9.59 Å². The van der Waals surface area contributed by atoms with Crippen LogP contribution in [0.25, 0.3) is 0 Å². The van der Waals surface area contributed by atoms with Gasteiger partial charge < -0.3 is 10.2 Å². The van der Waals surface area contributed by atoms with Crippen LogP contribution in [0, 0.1) is 25.7 Å². The first-order chi connectivity index (χ1) is 11.9. The third-order valence-corrected chi connectivity index (χ3v) is 5.74. The second-order valence-electron chi connectivity index (χ2n) is 7.16. The number of piperidine rings is 1. The molecule has 1 aliphatic heterocycles. The Morgan fingerprint density at radius 3 is 2.72 bits per heavy atom. The molecule has 1 heterocycles. The number of thioether (sulfide) groups is 1. The van der Waals surface area contributed by atoms with Gasteiger partial charge in [0, 0.05) is 36.2 Å². The molecule has 1 fully saturated rings. The zero-order valence-electron chi connectivity index (χ0n) is 15.8. The Bertz CT molecular complexity index is 616. The predicted octanol–water partition coefficient (Wildman–Crippen LogP) is 3.41. The van der Waals surface area contributed by atoms with Crippen LogP contribution in [-0.4, -0.2) is 42.1 Å². The standard InChI is InChI=1S/C20H30N2O2S/c1-14(2)20(24)22-10-5-6-17(13-22)19(23)21-9-11-25-18-8-7-15(3)16(4)12-18/h7-8,12,14,17H,5-6,9-11,13H2,1-4H3,(H,21,23). The Morgan fingerprint density at radius 2 is 2.04 bits per heavy atom. The van der Waals surface area contributed by atoms with Gasteiger partial charge in [-0.05, 0) is 49.9 Å². The fourth-order valence-corrected chi connectivity index (χ4v) is 3.91. The predicted molar refractivity (Wildman–Crippen MR) is 104 cm³/mol. The van der Waals surface area contributed by atoms with E-state index in [1.165, 1.54) is 16.0 Å². The Labute approximate surface area is 155 Å². The highest BCUT2D eigenvalue weighted by Crippen LogP contribution is 2.21. The van der Waals surface area contributed by atoms with Crippen LogP contribution in [0.2, 0.25) is 0 Å². The molecule has 0 bridgehead atoms. The normalized spacial score (nSPS) is 17.6. The van der Waals surface area contributed by atoms with Crippen molar-refractivity contribution in [3.8, 4) is 0 Å². The number of benzene rings is 1. The molecule has 1 N–H and O–H groups in total. The molecule has 1 aromatic rings. The van der Waals surface area contributed by atoms with Gasteiger partial charge in [-0.15, -0.1) is 11.8 Å². The third kappa shape index (κ3) is 5.77. The summed E-state index contributed by atoms with van der Waals surface area (Å²) in [5.41, 5.74) is 2.60. The van der Waals surface area contributed by atoms with E-state index in [0.29, 0.717) is 13.1 Å². The van der Waals surface area contributed by atoms with E-state index in [-0.39, 0.29) is 23.7 Å². The van der Waals surface area contributed by atoms with Gasteiger partial charge in [-0.2, -0.15) is 0 Å². The quantitative estimate of drug-likeness (QED) is 0.623. The van der Waals surface area contributed by atoms with Crippen molar-refractivity contribution < 1.29 is 9.59 Å². The second-order valence-corrected chi connectivity index (χ2v) is 8.33. The van der Waals surface area contributed by atoms with Gasteiger partial charge in [0.05, 0.1) is 5.92 Å². The summed E-state index contributed by atoms with van der Waals surface area (Å²) in [6.45, 7) is 10.1. The molecule has 1 unspecified atom stereocenters. The van der Waals surface area contributed by atoms with Crippen LogP contribution in [0.1, 0.15) is 37.8 Å². The van der Waals surface area contributed by atoms with Crippen LogP contribution in [0.5, 0.6) is 0 Å². The van der Waals surface area contributed by atoms with Crippen LogP contribution in [0.15, 0.2) is 23.1 Å². The van der Waals surface area contributed by atoms with E-state index in [9.17, 15) is 9.59 Å². The maximum Gasteiger partial charge on any atom is 0.225 e. The summed E-state index contributed by atoms with van der Waals surface area (Å²) < 4.78 is 0. The van der Waals surface area contributed by atoms with Crippen LogP contribution in [0.4, 0.5) is 0 Å². The summed E-state index contributed by atoms with van der Waals surface area (Å²) in [5, 5.41) is 3.04. The fraction of sp³-hybridized carbons (Fsp3) is 0.600. The zero-order chi connectivity index (χ0) is 18.4. The maximum absolute atomic E-state index is 12.4. The van der Waals surface area contributed by atoms with E-state index in [0.717, 1.165) is 25.1 Å². The molecule has 2 amide bonds. The van der Waals surface area contributed by atoms with Crippen LogP contribution in [-0.2, 0) is 9.59 Å². The van der Waals surface area contributed by atoms with Gasteiger partial charge in [-0.1, -0.05) is 19.9 Å². The van der Waals surface area contributed by atoms with Crippen molar-refractivity contribution >= 4 is 23.6 Å². The van der Waals surface area contributed by atoms with Crippen molar-refractivity contribution in [3.05, 3.63) is 29.3 Å². The lowest BCUT2D eigenvalue weighted by atomic mass is 9.96. The topological polar surface area (TPSA) is 49.4 Å². The van der Waals surface area contributed by atoms with Crippen molar-refractivity contribution in [2.24, 2.45) is 11.8 Å². The van der Waals surface area contributed by atoms with Crippen molar-refractivity contribution in [1.82, 2.24) is 10.2 Å². The molecule has 2 rings (SSSR count). The third-order valence-electron chi connectivity index (χ3n) is 4.75. The maximum atomic E-state index is 12.4. The molecular formula is C20H30N2O2S. The highest BCUT2D eigenvalue weighted by Gasteiger charge is 2.29. The van der Waals surface area contributed by atoms with E-state index >= 15 is 0 Å². The van der Waals surface area contributed by atoms with E-state index in [4.69, 9.17) is 0 Å². The molecule has 0 radical (unpaired) electrons. The van der Waals surface area contributed by atoms with Crippen molar-refractivity contribution in [3.63, 3.8) is 0 Å². The number of hydrogen-bond donors (Lipinski definition) is 1. The minimum Gasteiger partial charge on any atom is -0.355 e. The smallest absolute Gasteiger partial charge is 0.225 e. The van der Waals surface area contributed by atoms with E-state index in [1.54, 1.807) is 11.8 Å².